The van der Waals surface area contributed by atoms with Gasteiger partial charge in [0.2, 0.25) is 0 Å². The lowest BCUT2D eigenvalue weighted by Gasteiger charge is -2.25. The fraction of sp³-hybridized carbons (Fsp3) is 0.176. The second-order valence-corrected chi connectivity index (χ2v) is 5.69. The molecule has 0 radical (unpaired) electrons. The van der Waals surface area contributed by atoms with Gasteiger partial charge in [-0.3, -0.25) is 0 Å². The zero-order valence-electron chi connectivity index (χ0n) is 14.3. The topological polar surface area (TPSA) is 12.0 Å². The van der Waals surface area contributed by atoms with Crippen molar-refractivity contribution in [1.29, 1.82) is 0 Å². The molecule has 2 heteroatoms. The van der Waals surface area contributed by atoms with Gasteiger partial charge in [0.1, 0.15) is 0 Å². The summed E-state index contributed by atoms with van der Waals surface area (Å²) in [6, 6.07) is 8.14. The average molecular weight is 271 g/mol. The van der Waals surface area contributed by atoms with Gasteiger partial charge in [0.25, 0.3) is 0 Å². The number of allylic oxidation sites excluding steroid dienone is 3. The van der Waals surface area contributed by atoms with Gasteiger partial charge in [-0.2, -0.15) is 0 Å². The Kier molecular flexibility index (Phi) is 2.30. The normalized spacial score (nSPS) is 30.2. The van der Waals surface area contributed by atoms with E-state index in [0.717, 1.165) is 12.1 Å². The summed E-state index contributed by atoms with van der Waals surface area (Å²) < 4.78 is 30.3. The molecule has 3 rings (SSSR count). The lowest BCUT2D eigenvalue weighted by molar-refractivity contribution is 0.788. The number of hydrogen-bond donors (Lipinski definition) is 1. The maximum atomic E-state index is 7.90. The van der Waals surface area contributed by atoms with E-state index >= 15 is 0 Å². The number of hydrogen-bond acceptors (Lipinski definition) is 2. The van der Waals surface area contributed by atoms with E-state index in [1.54, 1.807) is 0 Å². The fourth-order valence-electron chi connectivity index (χ4n) is 2.56. The van der Waals surface area contributed by atoms with E-state index in [9.17, 15) is 0 Å². The van der Waals surface area contributed by atoms with Crippen molar-refractivity contribution in [3.05, 3.63) is 78.5 Å². The molecule has 3 unspecified atom stereocenters. The average Bonchev–Trinajstić information content (AvgIpc) is 2.97. The van der Waals surface area contributed by atoms with Gasteiger partial charge in [0.05, 0.1) is 5.48 Å². The highest BCUT2D eigenvalue weighted by atomic mass is 32.2. The Bertz CT molecular complexity index is 723. The molecule has 2 aliphatic rings. The molecule has 1 aromatic rings. The van der Waals surface area contributed by atoms with Crippen LogP contribution >= 0.6 is 11.8 Å². The lowest BCUT2D eigenvalue weighted by Crippen LogP contribution is -2.21. The Labute approximate surface area is 124 Å². The van der Waals surface area contributed by atoms with Gasteiger partial charge in [0.15, 0.2) is 0 Å². The summed E-state index contributed by atoms with van der Waals surface area (Å²) in [6.45, 7) is 1.01. The molecule has 0 spiro atoms. The van der Waals surface area contributed by atoms with Crippen LogP contribution in [0.15, 0.2) is 77.8 Å². The lowest BCUT2D eigenvalue weighted by atomic mass is 9.84. The van der Waals surface area contributed by atoms with Crippen LogP contribution in [0.5, 0.6) is 0 Å². The molecular formula is C17H17NS. The maximum Gasteiger partial charge on any atom is 0.0588 e. The molecule has 1 aromatic carbocycles. The van der Waals surface area contributed by atoms with Crippen molar-refractivity contribution in [2.75, 3.05) is 6.52 Å². The molecule has 1 N–H and O–H groups in total. The number of benzene rings is 1. The molecule has 1 aliphatic carbocycles. The van der Waals surface area contributed by atoms with Crippen LogP contribution in [0.1, 0.15) is 17.0 Å². The third-order valence-electron chi connectivity index (χ3n) is 3.38. The van der Waals surface area contributed by atoms with Gasteiger partial charge < -0.3 is 5.32 Å². The van der Waals surface area contributed by atoms with Crippen molar-refractivity contribution in [3.63, 3.8) is 0 Å². The molecule has 0 fully saturated rings. The van der Waals surface area contributed by atoms with Crippen molar-refractivity contribution < 1.29 is 5.48 Å². The minimum atomic E-state index is -1.04. The molecule has 0 bridgehead atoms. The monoisotopic (exact) mass is 271 g/mol. The molecule has 96 valence electrons. The van der Waals surface area contributed by atoms with Gasteiger partial charge in [-0.1, -0.05) is 49.0 Å². The highest BCUT2D eigenvalue weighted by Gasteiger charge is 2.35. The smallest absolute Gasteiger partial charge is 0.0588 e. The van der Waals surface area contributed by atoms with Crippen molar-refractivity contribution in [1.82, 2.24) is 5.32 Å². The molecule has 3 atom stereocenters. The Morgan fingerprint density at radius 3 is 3.42 bits per heavy atom. The largest absolute Gasteiger partial charge is 0.382 e. The summed E-state index contributed by atoms with van der Waals surface area (Å²) in [5, 5.41) is 3.17. The third-order valence-corrected chi connectivity index (χ3v) is 4.71. The number of rotatable bonds is 4. The molecule has 1 nitrogen and oxygen atoms in total. The van der Waals surface area contributed by atoms with Crippen molar-refractivity contribution in [2.24, 2.45) is 0 Å². The van der Waals surface area contributed by atoms with Crippen LogP contribution in [0.3, 0.4) is 0 Å². The van der Waals surface area contributed by atoms with Gasteiger partial charge in [-0.25, -0.2) is 0 Å². The Morgan fingerprint density at radius 1 is 1.58 bits per heavy atom. The Morgan fingerprint density at radius 2 is 2.53 bits per heavy atom. The second kappa shape index (κ2) is 5.14. The molecule has 0 saturated heterocycles. The number of thioether (sulfide) groups is 1. The van der Waals surface area contributed by atoms with E-state index < -0.39 is 6.52 Å². The third kappa shape index (κ3) is 2.17. The van der Waals surface area contributed by atoms with Crippen molar-refractivity contribution >= 4 is 11.8 Å². The first-order chi connectivity index (χ1) is 11.2. The van der Waals surface area contributed by atoms with Gasteiger partial charge in [-0.15, -0.1) is 18.3 Å². The summed E-state index contributed by atoms with van der Waals surface area (Å²) in [7, 11) is 0. The first kappa shape index (κ1) is 8.49. The summed E-state index contributed by atoms with van der Waals surface area (Å²) in [4.78, 5) is 1.25. The standard InChI is InChI=1S/C17H17NS/c1-3-11-18-12(2)13-8-6-10-16-17(13)14-7-4-5-9-15(14)19-16/h3-10,16-18H,1-2,11H2/i1D,2D,3D,11D. The van der Waals surface area contributed by atoms with E-state index in [1.165, 1.54) is 17.0 Å². The fourth-order valence-corrected chi connectivity index (χ4v) is 3.94. The molecule has 0 saturated carbocycles. The molecule has 0 aromatic heterocycles. The van der Waals surface area contributed by atoms with E-state index in [0.29, 0.717) is 5.70 Å². The van der Waals surface area contributed by atoms with E-state index in [2.05, 4.69) is 23.5 Å². The molecule has 1 aliphatic heterocycles. The van der Waals surface area contributed by atoms with Crippen molar-refractivity contribution in [2.45, 2.75) is 16.1 Å². The first-order valence-electron chi connectivity index (χ1n) is 8.35. The van der Waals surface area contributed by atoms with Crippen LogP contribution in [0.2, 0.25) is 0 Å². The minimum absolute atomic E-state index is 0.131. The zero-order valence-corrected chi connectivity index (χ0v) is 11.2. The summed E-state index contributed by atoms with van der Waals surface area (Å²) in [6.07, 6.45) is 6.12. The zero-order chi connectivity index (χ0) is 16.4. The molecular weight excluding hydrogens is 250 g/mol. The minimum Gasteiger partial charge on any atom is -0.382 e. The SMILES string of the molecule is [2H]C=C(NC([2H])C([2H])=C[2H])C1=CC=CC2Sc3ccccc3C12. The van der Waals surface area contributed by atoms with Crippen LogP contribution in [0.25, 0.3) is 0 Å². The Balaban J connectivity index is 1.92. The van der Waals surface area contributed by atoms with Crippen LogP contribution < -0.4 is 5.32 Å². The van der Waals surface area contributed by atoms with Crippen LogP contribution in [-0.4, -0.2) is 11.8 Å². The summed E-state index contributed by atoms with van der Waals surface area (Å²) in [5.41, 5.74) is 2.73. The predicted octanol–water partition coefficient (Wildman–Crippen LogP) is 4.03. The number of fused-ring (bicyclic) bond motifs is 3. The quantitative estimate of drug-likeness (QED) is 0.830. The molecule has 1 heterocycles. The highest BCUT2D eigenvalue weighted by molar-refractivity contribution is 8.00. The van der Waals surface area contributed by atoms with E-state index in [-0.39, 0.29) is 17.2 Å². The summed E-state index contributed by atoms with van der Waals surface area (Å²) >= 11 is 1.81. The van der Waals surface area contributed by atoms with Crippen molar-refractivity contribution in [3.8, 4) is 0 Å². The predicted molar refractivity (Wildman–Crippen MR) is 83.4 cm³/mol. The van der Waals surface area contributed by atoms with Crippen LogP contribution in [-0.2, 0) is 0 Å². The summed E-state index contributed by atoms with van der Waals surface area (Å²) in [5.74, 6) is 0.145. The maximum absolute atomic E-state index is 7.90. The van der Waals surface area contributed by atoms with E-state index in [1.807, 2.05) is 36.0 Å². The second-order valence-electron chi connectivity index (χ2n) is 4.47. The van der Waals surface area contributed by atoms with Gasteiger partial charge >= 0.3 is 0 Å². The van der Waals surface area contributed by atoms with E-state index in [4.69, 9.17) is 5.48 Å². The Hall–Kier alpha value is -1.67. The van der Waals surface area contributed by atoms with Crippen LogP contribution in [0, 0.1) is 0 Å². The first-order valence-corrected chi connectivity index (χ1v) is 7.00. The molecule has 0 amide bonds. The molecule has 19 heavy (non-hydrogen) atoms. The van der Waals surface area contributed by atoms with Gasteiger partial charge in [-0.05, 0) is 17.2 Å². The highest BCUT2D eigenvalue weighted by Crippen LogP contribution is 2.51. The number of nitrogens with one attached hydrogen (secondary N) is 1. The van der Waals surface area contributed by atoms with Crippen LogP contribution in [0.4, 0.5) is 0 Å². The van der Waals surface area contributed by atoms with Gasteiger partial charge in [0, 0.05) is 28.3 Å².